The molecule has 0 saturated carbocycles. The zero-order valence-electron chi connectivity index (χ0n) is 43.9. The van der Waals surface area contributed by atoms with Crippen LogP contribution in [0.2, 0.25) is 0 Å². The molecule has 0 radical (unpaired) electrons. The Morgan fingerprint density at radius 3 is 0.766 bits per heavy atom. The maximum Gasteiger partial charge on any atom is 0.306 e. The van der Waals surface area contributed by atoms with Crippen molar-refractivity contribution in [2.24, 2.45) is 11.8 Å². The lowest BCUT2D eigenvalue weighted by atomic mass is 10.0. The quantitative estimate of drug-likeness (QED) is 0.0344. The lowest BCUT2D eigenvalue weighted by molar-refractivity contribution is -0.167. The Balaban J connectivity index is 4.30. The highest BCUT2D eigenvalue weighted by Gasteiger charge is 2.19. The highest BCUT2D eigenvalue weighted by atomic mass is 16.6. The van der Waals surface area contributed by atoms with Gasteiger partial charge in [-0.15, -0.1) is 0 Å². The van der Waals surface area contributed by atoms with Crippen molar-refractivity contribution in [3.8, 4) is 0 Å². The van der Waals surface area contributed by atoms with E-state index in [0.717, 1.165) is 69.6 Å². The van der Waals surface area contributed by atoms with E-state index in [4.69, 9.17) is 14.2 Å². The first kappa shape index (κ1) is 62.4. The fourth-order valence-corrected chi connectivity index (χ4v) is 8.87. The van der Waals surface area contributed by atoms with Crippen LogP contribution in [-0.4, -0.2) is 37.2 Å². The summed E-state index contributed by atoms with van der Waals surface area (Å²) >= 11 is 0. The first-order valence-electron chi connectivity index (χ1n) is 28.7. The molecule has 0 N–H and O–H groups in total. The summed E-state index contributed by atoms with van der Waals surface area (Å²) in [6.07, 6.45) is 53.7. The molecule has 0 spiro atoms. The summed E-state index contributed by atoms with van der Waals surface area (Å²) in [4.78, 5) is 38.1. The van der Waals surface area contributed by atoms with E-state index in [-0.39, 0.29) is 31.1 Å². The van der Waals surface area contributed by atoms with Crippen molar-refractivity contribution >= 4 is 17.9 Å². The Morgan fingerprint density at radius 2 is 0.516 bits per heavy atom. The highest BCUT2D eigenvalue weighted by molar-refractivity contribution is 5.71. The van der Waals surface area contributed by atoms with Crippen LogP contribution in [-0.2, 0) is 28.6 Å². The van der Waals surface area contributed by atoms with Crippen molar-refractivity contribution in [1.29, 1.82) is 0 Å². The van der Waals surface area contributed by atoms with Crippen LogP contribution in [0.25, 0.3) is 0 Å². The van der Waals surface area contributed by atoms with Crippen LogP contribution < -0.4 is 0 Å². The molecule has 0 amide bonds. The van der Waals surface area contributed by atoms with Crippen LogP contribution in [0.5, 0.6) is 0 Å². The fourth-order valence-electron chi connectivity index (χ4n) is 8.87. The zero-order valence-corrected chi connectivity index (χ0v) is 43.9. The first-order valence-corrected chi connectivity index (χ1v) is 28.7. The third-order valence-electron chi connectivity index (χ3n) is 13.2. The molecule has 0 aliphatic carbocycles. The van der Waals surface area contributed by atoms with Gasteiger partial charge in [-0.3, -0.25) is 14.4 Å². The van der Waals surface area contributed by atoms with Crippen LogP contribution in [0, 0.1) is 11.8 Å². The van der Waals surface area contributed by atoms with Gasteiger partial charge in [0.05, 0.1) is 0 Å². The molecular weight excluding hydrogens is 793 g/mol. The molecule has 0 bridgehead atoms. The number of rotatable bonds is 52. The minimum absolute atomic E-state index is 0.0627. The van der Waals surface area contributed by atoms with Gasteiger partial charge in [0.1, 0.15) is 13.2 Å². The van der Waals surface area contributed by atoms with Gasteiger partial charge in [-0.1, -0.05) is 285 Å². The van der Waals surface area contributed by atoms with Gasteiger partial charge in [0.15, 0.2) is 6.10 Å². The van der Waals surface area contributed by atoms with Crippen molar-refractivity contribution < 1.29 is 28.6 Å². The van der Waals surface area contributed by atoms with Crippen LogP contribution in [0.3, 0.4) is 0 Å². The van der Waals surface area contributed by atoms with Crippen molar-refractivity contribution in [3.05, 3.63) is 0 Å². The zero-order chi connectivity index (χ0) is 46.8. The summed E-state index contributed by atoms with van der Waals surface area (Å²) in [6.45, 7) is 11.4. The van der Waals surface area contributed by atoms with Crippen LogP contribution in [0.1, 0.15) is 324 Å². The average Bonchev–Trinajstić information content (AvgIpc) is 3.27. The van der Waals surface area contributed by atoms with E-state index in [0.29, 0.717) is 19.3 Å². The van der Waals surface area contributed by atoms with E-state index in [1.807, 2.05) is 0 Å². The number of ether oxygens (including phenoxy) is 3. The van der Waals surface area contributed by atoms with Crippen molar-refractivity contribution in [2.45, 2.75) is 330 Å². The maximum absolute atomic E-state index is 12.8. The summed E-state index contributed by atoms with van der Waals surface area (Å²) in [5.74, 6) is 0.831. The summed E-state index contributed by atoms with van der Waals surface area (Å²) in [6, 6.07) is 0. The third-order valence-corrected chi connectivity index (χ3v) is 13.2. The van der Waals surface area contributed by atoms with E-state index in [2.05, 4.69) is 34.6 Å². The normalized spacial score (nSPS) is 12.0. The topological polar surface area (TPSA) is 78.9 Å². The predicted molar refractivity (Wildman–Crippen MR) is 275 cm³/mol. The van der Waals surface area contributed by atoms with Gasteiger partial charge in [0.25, 0.3) is 0 Å². The van der Waals surface area contributed by atoms with Crippen LogP contribution in [0.15, 0.2) is 0 Å². The number of esters is 3. The lowest BCUT2D eigenvalue weighted by Gasteiger charge is -2.18. The standard InChI is InChI=1S/C58H112O6/c1-6-7-8-9-10-11-12-13-14-18-23-28-33-38-43-48-56(59)62-51-55(52-63-57(60)49-44-39-34-29-25-20-22-27-32-37-42-47-54(4)5)64-58(61)50-45-40-35-30-24-19-16-15-17-21-26-31-36-41-46-53(2)3/h53-55H,6-52H2,1-5H3/t55-/m0/s1. The van der Waals surface area contributed by atoms with E-state index in [9.17, 15) is 14.4 Å². The molecule has 0 rings (SSSR count). The molecular formula is C58H112O6. The Labute approximate surface area is 399 Å². The minimum atomic E-state index is -0.762. The molecule has 0 aliphatic rings. The highest BCUT2D eigenvalue weighted by Crippen LogP contribution is 2.18. The van der Waals surface area contributed by atoms with E-state index in [1.54, 1.807) is 0 Å². The second-order valence-corrected chi connectivity index (χ2v) is 20.9. The van der Waals surface area contributed by atoms with E-state index in [1.165, 1.54) is 212 Å². The van der Waals surface area contributed by atoms with E-state index < -0.39 is 6.10 Å². The van der Waals surface area contributed by atoms with Gasteiger partial charge >= 0.3 is 17.9 Å². The maximum atomic E-state index is 12.8. The summed E-state index contributed by atoms with van der Waals surface area (Å²) < 4.78 is 16.9. The molecule has 64 heavy (non-hydrogen) atoms. The summed E-state index contributed by atoms with van der Waals surface area (Å²) in [5.41, 5.74) is 0. The third kappa shape index (κ3) is 51.4. The number of carbonyl (C=O) groups excluding carboxylic acids is 3. The molecule has 1 atom stereocenters. The van der Waals surface area contributed by atoms with Gasteiger partial charge in [0.2, 0.25) is 0 Å². The van der Waals surface area contributed by atoms with Gasteiger partial charge in [-0.25, -0.2) is 0 Å². The molecule has 0 aromatic rings. The Kier molecular flexibility index (Phi) is 49.6. The molecule has 0 unspecified atom stereocenters. The molecule has 0 heterocycles. The second kappa shape index (κ2) is 50.8. The molecule has 6 nitrogen and oxygen atoms in total. The van der Waals surface area contributed by atoms with Gasteiger partial charge in [-0.05, 0) is 31.1 Å². The summed E-state index contributed by atoms with van der Waals surface area (Å²) in [5, 5.41) is 0. The molecule has 380 valence electrons. The average molecular weight is 906 g/mol. The largest absolute Gasteiger partial charge is 0.462 e. The lowest BCUT2D eigenvalue weighted by Crippen LogP contribution is -2.30. The van der Waals surface area contributed by atoms with Crippen molar-refractivity contribution in [2.75, 3.05) is 13.2 Å². The van der Waals surface area contributed by atoms with Gasteiger partial charge in [0, 0.05) is 19.3 Å². The van der Waals surface area contributed by atoms with Crippen molar-refractivity contribution in [3.63, 3.8) is 0 Å². The molecule has 0 aliphatic heterocycles. The Morgan fingerprint density at radius 1 is 0.297 bits per heavy atom. The first-order chi connectivity index (χ1) is 31.2. The Bertz CT molecular complexity index is 978. The molecule has 0 fully saturated rings. The summed E-state index contributed by atoms with van der Waals surface area (Å²) in [7, 11) is 0. The number of carbonyl (C=O) groups is 3. The minimum Gasteiger partial charge on any atom is -0.462 e. The number of hydrogen-bond acceptors (Lipinski definition) is 6. The molecule has 0 aromatic carbocycles. The van der Waals surface area contributed by atoms with Crippen LogP contribution in [0.4, 0.5) is 0 Å². The smallest absolute Gasteiger partial charge is 0.306 e. The second-order valence-electron chi connectivity index (χ2n) is 20.9. The number of hydrogen-bond donors (Lipinski definition) is 0. The van der Waals surface area contributed by atoms with E-state index >= 15 is 0 Å². The molecule has 6 heteroatoms. The fraction of sp³-hybridized carbons (Fsp3) is 0.948. The van der Waals surface area contributed by atoms with Crippen LogP contribution >= 0.6 is 0 Å². The number of unbranched alkanes of at least 4 members (excludes halogenated alkanes) is 37. The Hall–Kier alpha value is -1.59. The SMILES string of the molecule is CCCCCCCCCCCCCCCCCC(=O)OC[C@@H](COC(=O)CCCCCCCCCCCCCC(C)C)OC(=O)CCCCCCCCCCCCCCCCC(C)C. The molecule has 0 aromatic heterocycles. The monoisotopic (exact) mass is 905 g/mol. The molecule has 0 saturated heterocycles. The van der Waals surface area contributed by atoms with Gasteiger partial charge in [-0.2, -0.15) is 0 Å². The van der Waals surface area contributed by atoms with Crippen molar-refractivity contribution in [1.82, 2.24) is 0 Å². The van der Waals surface area contributed by atoms with Gasteiger partial charge < -0.3 is 14.2 Å². The predicted octanol–water partition coefficient (Wildman–Crippen LogP) is 18.9.